The van der Waals surface area contributed by atoms with Gasteiger partial charge < -0.3 is 25.6 Å². The molecule has 2 saturated carbocycles. The third-order valence-electron chi connectivity index (χ3n) is 5.85. The molecule has 0 unspecified atom stereocenters. The van der Waals surface area contributed by atoms with Crippen molar-refractivity contribution in [1.82, 2.24) is 0 Å². The first-order chi connectivity index (χ1) is 12.1. The van der Waals surface area contributed by atoms with Gasteiger partial charge in [-0.3, -0.25) is 4.99 Å². The maximum atomic E-state index is 9.79. The Labute approximate surface area is 148 Å². The Kier molecular flexibility index (Phi) is 4.23. The Hall–Kier alpha value is -1.95. The minimum Gasteiger partial charge on any atom is -0.490 e. The van der Waals surface area contributed by atoms with Gasteiger partial charge in [-0.05, 0) is 43.2 Å². The van der Waals surface area contributed by atoms with E-state index in [4.69, 9.17) is 15.2 Å². The van der Waals surface area contributed by atoms with E-state index in [1.807, 2.05) is 18.2 Å². The van der Waals surface area contributed by atoms with Crippen LogP contribution in [0.1, 0.15) is 38.5 Å². The van der Waals surface area contributed by atoms with E-state index in [0.29, 0.717) is 31.1 Å². The molecule has 4 N–H and O–H groups in total. The molecule has 1 aromatic rings. The predicted molar refractivity (Wildman–Crippen MR) is 97.2 cm³/mol. The largest absolute Gasteiger partial charge is 0.490 e. The average Bonchev–Trinajstić information content (AvgIpc) is 2.77. The van der Waals surface area contributed by atoms with Crippen molar-refractivity contribution in [2.45, 2.75) is 38.5 Å². The summed E-state index contributed by atoms with van der Waals surface area (Å²) in [5.74, 6) is 1.86. The Balaban J connectivity index is 1.37. The Morgan fingerprint density at radius 2 is 1.92 bits per heavy atom. The van der Waals surface area contributed by atoms with Gasteiger partial charge in [-0.1, -0.05) is 6.42 Å². The molecule has 136 valence electrons. The fourth-order valence-electron chi connectivity index (χ4n) is 4.52. The molecule has 1 spiro atoms. The number of hydrogen-bond donors (Lipinski definition) is 3. The van der Waals surface area contributed by atoms with Crippen LogP contribution in [-0.2, 0) is 0 Å². The van der Waals surface area contributed by atoms with Gasteiger partial charge in [0.15, 0.2) is 17.5 Å². The quantitative estimate of drug-likeness (QED) is 0.576. The average molecular weight is 345 g/mol. The summed E-state index contributed by atoms with van der Waals surface area (Å²) in [5.41, 5.74) is 7.32. The SMILES string of the molecule is NC(=NCC1(CO)CC2(CCC2)C1)Nc1ccc2c(c1)OCCCO2. The molecule has 1 aromatic carbocycles. The second kappa shape index (κ2) is 6.41. The van der Waals surface area contributed by atoms with Gasteiger partial charge in [-0.25, -0.2) is 0 Å². The van der Waals surface area contributed by atoms with Gasteiger partial charge in [0, 0.05) is 23.6 Å². The van der Waals surface area contributed by atoms with Gasteiger partial charge >= 0.3 is 0 Å². The molecular weight excluding hydrogens is 318 g/mol. The van der Waals surface area contributed by atoms with E-state index in [9.17, 15) is 5.11 Å². The Morgan fingerprint density at radius 1 is 1.16 bits per heavy atom. The number of benzene rings is 1. The smallest absolute Gasteiger partial charge is 0.193 e. The summed E-state index contributed by atoms with van der Waals surface area (Å²) >= 11 is 0. The zero-order valence-electron chi connectivity index (χ0n) is 14.6. The minimum atomic E-state index is -0.0720. The number of aliphatic hydroxyl groups is 1. The molecule has 0 amide bonds. The Morgan fingerprint density at radius 3 is 2.60 bits per heavy atom. The van der Waals surface area contributed by atoms with Gasteiger partial charge in [-0.2, -0.15) is 0 Å². The first kappa shape index (κ1) is 16.5. The number of nitrogens with one attached hydrogen (secondary N) is 1. The van der Waals surface area contributed by atoms with Crippen LogP contribution in [0.25, 0.3) is 0 Å². The van der Waals surface area contributed by atoms with Crippen LogP contribution >= 0.6 is 0 Å². The Bertz CT molecular complexity index is 662. The van der Waals surface area contributed by atoms with Crippen molar-refractivity contribution in [3.05, 3.63) is 18.2 Å². The second-order valence-electron chi connectivity index (χ2n) is 7.90. The van der Waals surface area contributed by atoms with Crippen LogP contribution in [0.4, 0.5) is 5.69 Å². The summed E-state index contributed by atoms with van der Waals surface area (Å²) in [6, 6.07) is 5.68. The summed E-state index contributed by atoms with van der Waals surface area (Å²) in [6.07, 6.45) is 6.99. The highest BCUT2D eigenvalue weighted by Gasteiger charge is 2.56. The molecule has 3 aliphatic rings. The standard InChI is InChI=1S/C19H27N3O3/c20-17(21-12-19(13-23)10-18(11-19)5-1-6-18)22-14-3-4-15-16(9-14)25-8-2-7-24-15/h3-4,9,23H,1-2,5-8,10-13H2,(H3,20,21,22). The molecule has 25 heavy (non-hydrogen) atoms. The van der Waals surface area contributed by atoms with Crippen LogP contribution < -0.4 is 20.5 Å². The monoisotopic (exact) mass is 345 g/mol. The number of fused-ring (bicyclic) bond motifs is 1. The van der Waals surface area contributed by atoms with E-state index in [1.54, 1.807) is 0 Å². The zero-order valence-corrected chi connectivity index (χ0v) is 14.6. The van der Waals surface area contributed by atoms with Crippen LogP contribution in [0, 0.1) is 10.8 Å². The minimum absolute atomic E-state index is 0.0720. The maximum absolute atomic E-state index is 9.79. The first-order valence-electron chi connectivity index (χ1n) is 9.20. The number of nitrogens with two attached hydrogens (primary N) is 1. The van der Waals surface area contributed by atoms with Crippen molar-refractivity contribution in [1.29, 1.82) is 0 Å². The number of aliphatic hydroxyl groups excluding tert-OH is 1. The molecule has 0 aromatic heterocycles. The van der Waals surface area contributed by atoms with Gasteiger partial charge in [-0.15, -0.1) is 0 Å². The topological polar surface area (TPSA) is 89.1 Å². The zero-order chi connectivity index (χ0) is 17.3. The van der Waals surface area contributed by atoms with Crippen molar-refractivity contribution in [3.63, 3.8) is 0 Å². The molecule has 1 heterocycles. The number of hydrogen-bond acceptors (Lipinski definition) is 4. The van der Waals surface area contributed by atoms with Gasteiger partial charge in [0.25, 0.3) is 0 Å². The molecule has 1 aliphatic heterocycles. The van der Waals surface area contributed by atoms with Crippen LogP contribution in [0.15, 0.2) is 23.2 Å². The van der Waals surface area contributed by atoms with Gasteiger partial charge in [0.05, 0.1) is 26.4 Å². The molecule has 6 heteroatoms. The van der Waals surface area contributed by atoms with E-state index < -0.39 is 0 Å². The normalized spacial score (nSPS) is 23.3. The van der Waals surface area contributed by atoms with Crippen LogP contribution in [0.3, 0.4) is 0 Å². The van der Waals surface area contributed by atoms with Crippen LogP contribution in [0.2, 0.25) is 0 Å². The number of anilines is 1. The lowest BCUT2D eigenvalue weighted by molar-refractivity contribution is -0.114. The molecule has 0 radical (unpaired) electrons. The fraction of sp³-hybridized carbons (Fsp3) is 0.632. The summed E-state index contributed by atoms with van der Waals surface area (Å²) in [5, 5.41) is 12.9. The lowest BCUT2D eigenvalue weighted by atomic mass is 9.45. The molecule has 0 saturated heterocycles. The van der Waals surface area contributed by atoms with Crippen molar-refractivity contribution in [2.24, 2.45) is 21.6 Å². The van der Waals surface area contributed by atoms with Crippen LogP contribution in [0.5, 0.6) is 11.5 Å². The van der Waals surface area contributed by atoms with Gasteiger partial charge in [0.1, 0.15) is 0 Å². The van der Waals surface area contributed by atoms with Crippen molar-refractivity contribution >= 4 is 11.6 Å². The number of guanidine groups is 1. The van der Waals surface area contributed by atoms with Crippen LogP contribution in [-0.4, -0.2) is 37.4 Å². The summed E-state index contributed by atoms with van der Waals surface area (Å²) < 4.78 is 11.3. The van der Waals surface area contributed by atoms with E-state index in [-0.39, 0.29) is 12.0 Å². The van der Waals surface area contributed by atoms with Crippen molar-refractivity contribution < 1.29 is 14.6 Å². The third-order valence-corrected chi connectivity index (χ3v) is 5.85. The fourth-order valence-corrected chi connectivity index (χ4v) is 4.52. The number of aliphatic imine (C=N–C) groups is 1. The van der Waals surface area contributed by atoms with Gasteiger partial charge in [0.2, 0.25) is 0 Å². The third kappa shape index (κ3) is 3.27. The molecule has 0 bridgehead atoms. The second-order valence-corrected chi connectivity index (χ2v) is 7.90. The molecule has 4 rings (SSSR count). The summed E-state index contributed by atoms with van der Waals surface area (Å²) in [7, 11) is 0. The van der Waals surface area contributed by atoms with E-state index >= 15 is 0 Å². The first-order valence-corrected chi connectivity index (χ1v) is 9.20. The number of nitrogens with zero attached hydrogens (tertiary/aromatic N) is 1. The molecule has 2 fully saturated rings. The maximum Gasteiger partial charge on any atom is 0.193 e. The summed E-state index contributed by atoms with van der Waals surface area (Å²) in [6.45, 7) is 2.10. The predicted octanol–water partition coefficient (Wildman–Crippen LogP) is 2.52. The highest BCUT2D eigenvalue weighted by molar-refractivity contribution is 5.92. The summed E-state index contributed by atoms with van der Waals surface area (Å²) in [4.78, 5) is 4.49. The number of ether oxygens (including phenoxy) is 2. The lowest BCUT2D eigenvalue weighted by Gasteiger charge is -2.60. The molecule has 2 aliphatic carbocycles. The molecular formula is C19H27N3O3. The highest BCUT2D eigenvalue weighted by atomic mass is 16.5. The molecule has 6 nitrogen and oxygen atoms in total. The van der Waals surface area contributed by atoms with E-state index in [1.165, 1.54) is 19.3 Å². The lowest BCUT2D eigenvalue weighted by Crippen LogP contribution is -2.54. The highest BCUT2D eigenvalue weighted by Crippen LogP contribution is 2.64. The molecule has 0 atom stereocenters. The van der Waals surface area contributed by atoms with Crippen molar-refractivity contribution in [3.8, 4) is 11.5 Å². The van der Waals surface area contributed by atoms with E-state index in [0.717, 1.165) is 36.4 Å². The van der Waals surface area contributed by atoms with E-state index in [2.05, 4.69) is 10.3 Å². The number of rotatable bonds is 4. The van der Waals surface area contributed by atoms with Crippen molar-refractivity contribution in [2.75, 3.05) is 31.7 Å².